The third-order valence-electron chi connectivity index (χ3n) is 3.60. The molecule has 1 aliphatic carbocycles. The second-order valence-corrected chi connectivity index (χ2v) is 5.53. The van der Waals surface area contributed by atoms with E-state index in [2.05, 4.69) is 22.5 Å². The Labute approximate surface area is 150 Å². The largest absolute Gasteiger partial charge is 0.469 e. The molecule has 0 bridgehead atoms. The molecule has 2 N–H and O–H groups in total. The van der Waals surface area contributed by atoms with Gasteiger partial charge in [0.2, 0.25) is 0 Å². The van der Waals surface area contributed by atoms with Gasteiger partial charge in [0.1, 0.15) is 5.76 Å². The number of furan rings is 1. The van der Waals surface area contributed by atoms with Crippen molar-refractivity contribution in [2.24, 2.45) is 10.9 Å². The maximum absolute atomic E-state index is 5.34. The molecule has 0 amide bonds. The standard InChI is InChI=1S/C16H27N3O2.HI/c1-3-9-17-16(18-10-8-14-5-4-11-21-14)19-15(12-20-2)13-6-7-13;/h4-5,11,13,15H,3,6-10,12H2,1-2H3,(H2,17,18,19);1H. The SMILES string of the molecule is CCCN=C(NCCc1ccco1)NC(COC)C1CC1.I. The predicted molar refractivity (Wildman–Crippen MR) is 99.9 cm³/mol. The van der Waals surface area contributed by atoms with Crippen molar-refractivity contribution in [2.45, 2.75) is 38.6 Å². The zero-order valence-electron chi connectivity index (χ0n) is 13.5. The summed E-state index contributed by atoms with van der Waals surface area (Å²) in [7, 11) is 1.75. The maximum atomic E-state index is 5.34. The summed E-state index contributed by atoms with van der Waals surface area (Å²) in [6.45, 7) is 4.51. The smallest absolute Gasteiger partial charge is 0.191 e. The van der Waals surface area contributed by atoms with Gasteiger partial charge in [-0.2, -0.15) is 0 Å². The molecule has 1 heterocycles. The van der Waals surface area contributed by atoms with Crippen molar-refractivity contribution < 1.29 is 9.15 Å². The zero-order valence-corrected chi connectivity index (χ0v) is 15.8. The van der Waals surface area contributed by atoms with Crippen molar-refractivity contribution in [3.05, 3.63) is 24.2 Å². The van der Waals surface area contributed by atoms with Gasteiger partial charge < -0.3 is 19.8 Å². The molecule has 1 aromatic heterocycles. The van der Waals surface area contributed by atoms with Crippen LogP contribution in [0.15, 0.2) is 27.8 Å². The first kappa shape index (κ1) is 19.3. The van der Waals surface area contributed by atoms with Crippen molar-refractivity contribution in [2.75, 3.05) is 26.8 Å². The summed E-state index contributed by atoms with van der Waals surface area (Å²) < 4.78 is 10.7. The molecule has 1 fully saturated rings. The average molecular weight is 421 g/mol. The lowest BCUT2D eigenvalue weighted by molar-refractivity contribution is 0.165. The number of hydrogen-bond acceptors (Lipinski definition) is 3. The van der Waals surface area contributed by atoms with E-state index in [1.54, 1.807) is 13.4 Å². The molecule has 0 spiro atoms. The highest BCUT2D eigenvalue weighted by Crippen LogP contribution is 2.32. The normalized spacial score (nSPS) is 16.0. The summed E-state index contributed by atoms with van der Waals surface area (Å²) >= 11 is 0. The Hall–Kier alpha value is -0.760. The number of aliphatic imine (C=N–C) groups is 1. The van der Waals surface area contributed by atoms with Crippen molar-refractivity contribution in [1.29, 1.82) is 0 Å². The number of rotatable bonds is 9. The topological polar surface area (TPSA) is 58.8 Å². The van der Waals surface area contributed by atoms with E-state index in [-0.39, 0.29) is 24.0 Å². The number of nitrogens with one attached hydrogen (secondary N) is 2. The first-order valence-corrected chi connectivity index (χ1v) is 7.89. The van der Waals surface area contributed by atoms with Gasteiger partial charge in [0.25, 0.3) is 0 Å². The van der Waals surface area contributed by atoms with Gasteiger partial charge in [-0.05, 0) is 37.3 Å². The second-order valence-electron chi connectivity index (χ2n) is 5.53. The molecule has 0 aliphatic heterocycles. The monoisotopic (exact) mass is 421 g/mol. The van der Waals surface area contributed by atoms with Gasteiger partial charge in [-0.1, -0.05) is 6.92 Å². The lowest BCUT2D eigenvalue weighted by Crippen LogP contribution is -2.47. The van der Waals surface area contributed by atoms with Crippen molar-refractivity contribution >= 4 is 29.9 Å². The van der Waals surface area contributed by atoms with Crippen LogP contribution in [0.3, 0.4) is 0 Å². The number of halogens is 1. The van der Waals surface area contributed by atoms with E-state index in [0.29, 0.717) is 6.04 Å². The van der Waals surface area contributed by atoms with Crippen LogP contribution in [0.5, 0.6) is 0 Å². The van der Waals surface area contributed by atoms with Crippen LogP contribution >= 0.6 is 24.0 Å². The average Bonchev–Trinajstić information content (AvgIpc) is 3.21. The summed E-state index contributed by atoms with van der Waals surface area (Å²) in [5.74, 6) is 2.61. The number of ether oxygens (including phenoxy) is 1. The first-order valence-electron chi connectivity index (χ1n) is 7.89. The zero-order chi connectivity index (χ0) is 14.9. The Morgan fingerprint density at radius 2 is 2.32 bits per heavy atom. The molecular weight excluding hydrogens is 393 g/mol. The molecule has 1 aromatic rings. The molecule has 5 nitrogen and oxygen atoms in total. The minimum absolute atomic E-state index is 0. The summed E-state index contributed by atoms with van der Waals surface area (Å²) in [6.07, 6.45) is 6.19. The van der Waals surface area contributed by atoms with Gasteiger partial charge in [-0.25, -0.2) is 0 Å². The Balaban J connectivity index is 0.00000242. The Bertz CT molecular complexity index is 419. The quantitative estimate of drug-likeness (QED) is 0.366. The van der Waals surface area contributed by atoms with Gasteiger partial charge in [-0.3, -0.25) is 4.99 Å². The van der Waals surface area contributed by atoms with E-state index >= 15 is 0 Å². The second kappa shape index (κ2) is 10.9. The van der Waals surface area contributed by atoms with Crippen LogP contribution < -0.4 is 10.6 Å². The van der Waals surface area contributed by atoms with E-state index in [1.165, 1.54) is 12.8 Å². The van der Waals surface area contributed by atoms with Crippen LogP contribution in [0.1, 0.15) is 31.9 Å². The number of nitrogens with zero attached hydrogens (tertiary/aromatic N) is 1. The summed E-state index contributed by atoms with van der Waals surface area (Å²) in [4.78, 5) is 4.60. The number of guanidine groups is 1. The van der Waals surface area contributed by atoms with Crippen molar-refractivity contribution in [3.8, 4) is 0 Å². The van der Waals surface area contributed by atoms with Gasteiger partial charge >= 0.3 is 0 Å². The summed E-state index contributed by atoms with van der Waals surface area (Å²) in [6, 6.07) is 4.28. The predicted octanol–water partition coefficient (Wildman–Crippen LogP) is 2.81. The molecule has 1 aliphatic rings. The molecule has 6 heteroatoms. The van der Waals surface area contributed by atoms with Crippen LogP contribution in [0, 0.1) is 5.92 Å². The summed E-state index contributed by atoms with van der Waals surface area (Å²) in [5, 5.41) is 6.90. The van der Waals surface area contributed by atoms with Crippen LogP contribution in [-0.4, -0.2) is 38.8 Å². The maximum Gasteiger partial charge on any atom is 0.191 e. The molecular formula is C16H28IN3O2. The molecule has 126 valence electrons. The Morgan fingerprint density at radius 1 is 1.50 bits per heavy atom. The highest BCUT2D eigenvalue weighted by molar-refractivity contribution is 14.0. The minimum Gasteiger partial charge on any atom is -0.469 e. The molecule has 0 saturated heterocycles. The van der Waals surface area contributed by atoms with Gasteiger partial charge in [0, 0.05) is 26.6 Å². The van der Waals surface area contributed by atoms with E-state index in [4.69, 9.17) is 9.15 Å². The minimum atomic E-state index is 0. The summed E-state index contributed by atoms with van der Waals surface area (Å²) in [5.41, 5.74) is 0. The molecule has 1 unspecified atom stereocenters. The Morgan fingerprint density at radius 3 is 2.91 bits per heavy atom. The number of hydrogen-bond donors (Lipinski definition) is 2. The molecule has 22 heavy (non-hydrogen) atoms. The van der Waals surface area contributed by atoms with Crippen molar-refractivity contribution in [1.82, 2.24) is 10.6 Å². The fourth-order valence-corrected chi connectivity index (χ4v) is 2.28. The number of methoxy groups -OCH3 is 1. The van der Waals surface area contributed by atoms with Gasteiger partial charge in [0.15, 0.2) is 5.96 Å². The van der Waals surface area contributed by atoms with Crippen molar-refractivity contribution in [3.63, 3.8) is 0 Å². The fraction of sp³-hybridized carbons (Fsp3) is 0.688. The van der Waals surface area contributed by atoms with E-state index < -0.39 is 0 Å². The van der Waals surface area contributed by atoms with Crippen LogP contribution in [-0.2, 0) is 11.2 Å². The molecule has 0 radical (unpaired) electrons. The van der Waals surface area contributed by atoms with E-state index in [1.807, 2.05) is 12.1 Å². The van der Waals surface area contributed by atoms with Crippen LogP contribution in [0.25, 0.3) is 0 Å². The van der Waals surface area contributed by atoms with E-state index in [9.17, 15) is 0 Å². The lowest BCUT2D eigenvalue weighted by atomic mass is 10.2. The van der Waals surface area contributed by atoms with Gasteiger partial charge in [-0.15, -0.1) is 24.0 Å². The van der Waals surface area contributed by atoms with E-state index in [0.717, 1.165) is 50.2 Å². The molecule has 2 rings (SSSR count). The Kier molecular flexibility index (Phi) is 9.54. The first-order chi connectivity index (χ1) is 10.3. The van der Waals surface area contributed by atoms with Crippen LogP contribution in [0.4, 0.5) is 0 Å². The van der Waals surface area contributed by atoms with Crippen LogP contribution in [0.2, 0.25) is 0 Å². The highest BCUT2D eigenvalue weighted by Gasteiger charge is 2.31. The molecule has 0 aromatic carbocycles. The fourth-order valence-electron chi connectivity index (χ4n) is 2.28. The highest BCUT2D eigenvalue weighted by atomic mass is 127. The van der Waals surface area contributed by atoms with Gasteiger partial charge in [0.05, 0.1) is 18.9 Å². The lowest BCUT2D eigenvalue weighted by Gasteiger charge is -2.21. The molecule has 1 saturated carbocycles. The molecule has 1 atom stereocenters. The third kappa shape index (κ3) is 7.00. The third-order valence-corrected chi connectivity index (χ3v) is 3.60.